The Morgan fingerprint density at radius 3 is 2.18 bits per heavy atom. The van der Waals surface area contributed by atoms with Crippen molar-refractivity contribution in [2.75, 3.05) is 0 Å². The number of aliphatic hydroxyl groups is 2. The number of phenols is 4. The van der Waals surface area contributed by atoms with E-state index in [1.165, 1.54) is 30.3 Å². The summed E-state index contributed by atoms with van der Waals surface area (Å²) in [6.45, 7) is 0. The van der Waals surface area contributed by atoms with Crippen molar-refractivity contribution < 1.29 is 35.4 Å². The summed E-state index contributed by atoms with van der Waals surface area (Å²) in [6.07, 6.45) is -3.81. The number of hydrogen-bond acceptors (Lipinski definition) is 7. The van der Waals surface area contributed by atoms with Gasteiger partial charge in [-0.25, -0.2) is 0 Å². The summed E-state index contributed by atoms with van der Waals surface area (Å²) in [7, 11) is 0. The van der Waals surface area contributed by atoms with Crippen LogP contribution >= 0.6 is 0 Å². The Morgan fingerprint density at radius 2 is 1.50 bits per heavy atom. The minimum atomic E-state index is -1.36. The van der Waals surface area contributed by atoms with Crippen LogP contribution in [0.25, 0.3) is 0 Å². The van der Waals surface area contributed by atoms with Crippen LogP contribution in [-0.4, -0.2) is 36.7 Å². The van der Waals surface area contributed by atoms with E-state index in [1.54, 1.807) is 0 Å². The molecule has 1 heterocycles. The first-order valence-corrected chi connectivity index (χ1v) is 6.49. The third-order valence-corrected chi connectivity index (χ3v) is 3.67. The molecule has 3 atom stereocenters. The van der Waals surface area contributed by atoms with Crippen molar-refractivity contribution in [3.8, 4) is 28.7 Å². The average Bonchev–Trinajstić information content (AvgIpc) is 2.49. The fraction of sp³-hybridized carbons (Fsp3) is 0.200. The minimum absolute atomic E-state index is 0.141. The van der Waals surface area contributed by atoms with E-state index in [-0.39, 0.29) is 22.6 Å². The van der Waals surface area contributed by atoms with Gasteiger partial charge in [-0.2, -0.15) is 0 Å². The molecule has 7 heteroatoms. The van der Waals surface area contributed by atoms with Gasteiger partial charge >= 0.3 is 0 Å². The first kappa shape index (κ1) is 14.3. The van der Waals surface area contributed by atoms with Gasteiger partial charge < -0.3 is 35.4 Å². The molecule has 0 aromatic heterocycles. The summed E-state index contributed by atoms with van der Waals surface area (Å²) in [4.78, 5) is 0. The molecule has 0 radical (unpaired) electrons. The molecule has 0 fully saturated rings. The maximum absolute atomic E-state index is 10.2. The molecule has 0 saturated carbocycles. The number of benzene rings is 2. The standard InChI is InChI=1S/C15H14O7/c16-8-3-1-6(5-10(8)18)14-13(21)11(19)7-2-4-9(17)12(20)15(7)22-14/h1-5,11,13-14,16-21H/t11-,13-,14-/m0/s1. The number of aliphatic hydroxyl groups excluding tert-OH is 2. The summed E-state index contributed by atoms with van der Waals surface area (Å²) in [5.74, 6) is -1.86. The molecular weight excluding hydrogens is 292 g/mol. The molecule has 6 N–H and O–H groups in total. The van der Waals surface area contributed by atoms with Crippen LogP contribution in [0, 0.1) is 0 Å². The maximum atomic E-state index is 10.2. The van der Waals surface area contributed by atoms with Gasteiger partial charge in [0.25, 0.3) is 0 Å². The molecule has 2 aromatic rings. The van der Waals surface area contributed by atoms with Gasteiger partial charge in [-0.05, 0) is 29.8 Å². The monoisotopic (exact) mass is 306 g/mol. The Balaban J connectivity index is 2.07. The number of phenolic OH excluding ortho intramolecular Hbond substituents is 4. The Kier molecular flexibility index (Phi) is 3.23. The second kappa shape index (κ2) is 4.97. The van der Waals surface area contributed by atoms with Crippen LogP contribution in [0.2, 0.25) is 0 Å². The first-order chi connectivity index (χ1) is 10.4. The highest BCUT2D eigenvalue weighted by Crippen LogP contribution is 2.49. The van der Waals surface area contributed by atoms with Crippen LogP contribution in [0.15, 0.2) is 30.3 Å². The topological polar surface area (TPSA) is 131 Å². The minimum Gasteiger partial charge on any atom is -0.504 e. The number of fused-ring (bicyclic) bond motifs is 1. The molecule has 0 unspecified atom stereocenters. The largest absolute Gasteiger partial charge is 0.504 e. The smallest absolute Gasteiger partial charge is 0.200 e. The fourth-order valence-corrected chi connectivity index (χ4v) is 2.46. The van der Waals surface area contributed by atoms with Crippen LogP contribution in [0.5, 0.6) is 28.7 Å². The average molecular weight is 306 g/mol. The number of aromatic hydroxyl groups is 4. The zero-order valence-corrected chi connectivity index (χ0v) is 11.2. The first-order valence-electron chi connectivity index (χ1n) is 6.49. The second-order valence-corrected chi connectivity index (χ2v) is 5.07. The molecule has 0 bridgehead atoms. The zero-order valence-electron chi connectivity index (χ0n) is 11.2. The number of hydrogen-bond donors (Lipinski definition) is 6. The van der Waals surface area contributed by atoms with Gasteiger partial charge in [-0.3, -0.25) is 0 Å². The SMILES string of the molecule is Oc1ccc([C@@H]2Oc3c(ccc(O)c3O)[C@H](O)[C@@H]2O)cc1O. The summed E-state index contributed by atoms with van der Waals surface area (Å²) in [5, 5.41) is 58.6. The third-order valence-electron chi connectivity index (χ3n) is 3.67. The molecular formula is C15H14O7. The van der Waals surface area contributed by atoms with Crippen molar-refractivity contribution >= 4 is 0 Å². The Morgan fingerprint density at radius 1 is 0.818 bits per heavy atom. The molecule has 1 aliphatic heterocycles. The molecule has 22 heavy (non-hydrogen) atoms. The molecule has 116 valence electrons. The molecule has 3 rings (SSSR count). The van der Waals surface area contributed by atoms with E-state index in [2.05, 4.69) is 0 Å². The molecule has 0 amide bonds. The van der Waals surface area contributed by atoms with Crippen molar-refractivity contribution in [3.05, 3.63) is 41.5 Å². The highest BCUT2D eigenvalue weighted by Gasteiger charge is 2.39. The van der Waals surface area contributed by atoms with E-state index in [9.17, 15) is 30.6 Å². The van der Waals surface area contributed by atoms with Crippen molar-refractivity contribution in [1.82, 2.24) is 0 Å². The van der Waals surface area contributed by atoms with Gasteiger partial charge in [0.15, 0.2) is 29.1 Å². The van der Waals surface area contributed by atoms with Crippen LogP contribution in [-0.2, 0) is 0 Å². The molecule has 7 nitrogen and oxygen atoms in total. The maximum Gasteiger partial charge on any atom is 0.200 e. The van der Waals surface area contributed by atoms with E-state index in [0.29, 0.717) is 0 Å². The quantitative estimate of drug-likeness (QED) is 0.434. The van der Waals surface area contributed by atoms with Gasteiger partial charge in [0, 0.05) is 5.56 Å². The lowest BCUT2D eigenvalue weighted by Gasteiger charge is -2.34. The molecule has 0 aliphatic carbocycles. The normalized spacial score (nSPS) is 23.6. The molecule has 0 saturated heterocycles. The summed E-state index contributed by atoms with van der Waals surface area (Å²) in [6, 6.07) is 6.31. The highest BCUT2D eigenvalue weighted by atomic mass is 16.5. The van der Waals surface area contributed by atoms with Crippen LogP contribution in [0.4, 0.5) is 0 Å². The van der Waals surface area contributed by atoms with Gasteiger partial charge in [0.2, 0.25) is 5.75 Å². The van der Waals surface area contributed by atoms with Crippen molar-refractivity contribution in [3.63, 3.8) is 0 Å². The number of ether oxygens (including phenoxy) is 1. The Bertz CT molecular complexity index is 728. The highest BCUT2D eigenvalue weighted by molar-refractivity contribution is 5.56. The van der Waals surface area contributed by atoms with Crippen molar-refractivity contribution in [2.45, 2.75) is 18.3 Å². The third kappa shape index (κ3) is 2.07. The Labute approximate surface area is 124 Å². The predicted molar refractivity (Wildman–Crippen MR) is 73.9 cm³/mol. The van der Waals surface area contributed by atoms with Crippen LogP contribution in [0.3, 0.4) is 0 Å². The van der Waals surface area contributed by atoms with Crippen LogP contribution < -0.4 is 4.74 Å². The summed E-state index contributed by atoms with van der Waals surface area (Å²) < 4.78 is 5.49. The second-order valence-electron chi connectivity index (χ2n) is 5.07. The van der Waals surface area contributed by atoms with Gasteiger partial charge in [0.1, 0.15) is 12.2 Å². The molecule has 2 aromatic carbocycles. The van der Waals surface area contributed by atoms with Crippen molar-refractivity contribution in [1.29, 1.82) is 0 Å². The lowest BCUT2D eigenvalue weighted by molar-refractivity contribution is -0.0710. The fourth-order valence-electron chi connectivity index (χ4n) is 2.46. The zero-order chi connectivity index (χ0) is 16.0. The predicted octanol–water partition coefficient (Wildman–Crippen LogP) is 1.04. The van der Waals surface area contributed by atoms with E-state index in [0.717, 1.165) is 0 Å². The molecule has 1 aliphatic rings. The molecule has 0 spiro atoms. The Hall–Kier alpha value is -2.64. The van der Waals surface area contributed by atoms with Crippen molar-refractivity contribution in [2.24, 2.45) is 0 Å². The summed E-state index contributed by atoms with van der Waals surface area (Å²) in [5.41, 5.74) is 0.428. The van der Waals surface area contributed by atoms with E-state index >= 15 is 0 Å². The van der Waals surface area contributed by atoms with E-state index in [4.69, 9.17) is 4.74 Å². The van der Waals surface area contributed by atoms with Gasteiger partial charge in [0.05, 0.1) is 0 Å². The van der Waals surface area contributed by atoms with Gasteiger partial charge in [-0.1, -0.05) is 6.07 Å². The lowest BCUT2D eigenvalue weighted by Crippen LogP contribution is -2.34. The number of rotatable bonds is 1. The van der Waals surface area contributed by atoms with Crippen LogP contribution in [0.1, 0.15) is 23.3 Å². The van der Waals surface area contributed by atoms with E-state index in [1.807, 2.05) is 0 Å². The van der Waals surface area contributed by atoms with Gasteiger partial charge in [-0.15, -0.1) is 0 Å². The lowest BCUT2D eigenvalue weighted by atomic mass is 9.91. The van der Waals surface area contributed by atoms with E-state index < -0.39 is 35.6 Å². The summed E-state index contributed by atoms with van der Waals surface area (Å²) >= 11 is 0.